The van der Waals surface area contributed by atoms with Gasteiger partial charge in [0.1, 0.15) is 0 Å². The third kappa shape index (κ3) is 4.17. The molecule has 0 radical (unpaired) electrons. The molecular weight excluding hydrogens is 438 g/mol. The summed E-state index contributed by atoms with van der Waals surface area (Å²) in [7, 11) is 1.33. The van der Waals surface area contributed by atoms with Crippen molar-refractivity contribution in [3.63, 3.8) is 0 Å². The summed E-state index contributed by atoms with van der Waals surface area (Å²) in [6, 6.07) is 32.4. The van der Waals surface area contributed by atoms with Gasteiger partial charge in [-0.25, -0.2) is 4.79 Å². The predicted molar refractivity (Wildman–Crippen MR) is 135 cm³/mol. The molecule has 35 heavy (non-hydrogen) atoms. The van der Waals surface area contributed by atoms with E-state index in [1.54, 1.807) is 4.90 Å². The number of aliphatic carboxylic acids is 1. The molecule has 0 saturated carbocycles. The second-order valence-electron chi connectivity index (χ2n) is 8.56. The van der Waals surface area contributed by atoms with Crippen LogP contribution in [0.5, 0.6) is 0 Å². The van der Waals surface area contributed by atoms with Crippen LogP contribution < -0.4 is 0 Å². The van der Waals surface area contributed by atoms with E-state index in [1.165, 1.54) is 7.11 Å². The summed E-state index contributed by atoms with van der Waals surface area (Å²) in [5.74, 6) is -0.990. The lowest BCUT2D eigenvalue weighted by Gasteiger charge is -2.36. The molecule has 0 aromatic heterocycles. The van der Waals surface area contributed by atoms with E-state index >= 15 is 0 Å². The number of hydrogen-bond acceptors (Lipinski definition) is 3. The van der Waals surface area contributed by atoms with Crippen LogP contribution in [0.3, 0.4) is 0 Å². The highest BCUT2D eigenvalue weighted by molar-refractivity contribution is 5.82. The van der Waals surface area contributed by atoms with Gasteiger partial charge < -0.3 is 9.84 Å². The van der Waals surface area contributed by atoms with Gasteiger partial charge in [0.15, 0.2) is 0 Å². The van der Waals surface area contributed by atoms with Gasteiger partial charge in [-0.3, -0.25) is 9.69 Å². The normalized spacial score (nSPS) is 12.9. The first-order valence-corrected chi connectivity index (χ1v) is 11.5. The van der Waals surface area contributed by atoms with Gasteiger partial charge in [0.2, 0.25) is 0 Å². The molecule has 1 aliphatic rings. The first-order chi connectivity index (χ1) is 17.1. The Morgan fingerprint density at radius 3 is 1.83 bits per heavy atom. The number of hydrogen-bond donors (Lipinski definition) is 1. The number of carbonyl (C=O) groups excluding carboxylic acids is 1. The number of carboxylic acid groups (broad SMARTS) is 1. The van der Waals surface area contributed by atoms with E-state index in [0.29, 0.717) is 0 Å². The molecule has 0 spiro atoms. The van der Waals surface area contributed by atoms with Crippen LogP contribution in [-0.2, 0) is 9.53 Å². The summed E-state index contributed by atoms with van der Waals surface area (Å²) in [4.78, 5) is 26.9. The molecule has 0 aliphatic heterocycles. The summed E-state index contributed by atoms with van der Waals surface area (Å²) in [5, 5.41) is 9.84. The molecule has 0 heterocycles. The van der Waals surface area contributed by atoms with E-state index in [-0.39, 0.29) is 6.42 Å². The van der Waals surface area contributed by atoms with Crippen LogP contribution in [0.2, 0.25) is 0 Å². The van der Waals surface area contributed by atoms with Gasteiger partial charge in [-0.15, -0.1) is 0 Å². The Hall–Kier alpha value is -4.38. The van der Waals surface area contributed by atoms with E-state index in [9.17, 15) is 14.7 Å². The highest BCUT2D eigenvalue weighted by atomic mass is 16.5. The van der Waals surface area contributed by atoms with Crippen molar-refractivity contribution in [3.05, 3.63) is 120 Å². The van der Waals surface area contributed by atoms with Gasteiger partial charge >= 0.3 is 12.1 Å². The van der Waals surface area contributed by atoms with E-state index in [2.05, 4.69) is 0 Å². The first kappa shape index (κ1) is 22.4. The zero-order chi connectivity index (χ0) is 24.4. The zero-order valence-corrected chi connectivity index (χ0v) is 19.3. The lowest BCUT2D eigenvalue weighted by atomic mass is 9.94. The van der Waals surface area contributed by atoms with Crippen molar-refractivity contribution in [2.75, 3.05) is 7.11 Å². The van der Waals surface area contributed by atoms with E-state index in [4.69, 9.17) is 4.74 Å². The molecule has 0 fully saturated rings. The van der Waals surface area contributed by atoms with Crippen molar-refractivity contribution >= 4 is 12.1 Å². The molecule has 1 atom stereocenters. The fourth-order valence-electron chi connectivity index (χ4n) is 5.02. The van der Waals surface area contributed by atoms with Gasteiger partial charge in [0.05, 0.1) is 25.6 Å². The van der Waals surface area contributed by atoms with Crippen LogP contribution in [0.25, 0.3) is 22.3 Å². The molecule has 1 unspecified atom stereocenters. The molecule has 174 valence electrons. The lowest BCUT2D eigenvalue weighted by Crippen LogP contribution is -2.39. The fraction of sp³-hybridized carbons (Fsp3) is 0.133. The van der Waals surface area contributed by atoms with E-state index < -0.39 is 24.1 Å². The molecule has 1 N–H and O–H groups in total. The molecule has 0 bridgehead atoms. The van der Waals surface area contributed by atoms with Crippen LogP contribution in [0.1, 0.15) is 35.2 Å². The first-order valence-electron chi connectivity index (χ1n) is 11.5. The number of carboxylic acids is 1. The highest BCUT2D eigenvalue weighted by Gasteiger charge is 2.40. The maximum atomic E-state index is 13.3. The Morgan fingerprint density at radius 1 is 0.771 bits per heavy atom. The van der Waals surface area contributed by atoms with Crippen LogP contribution in [0, 0.1) is 0 Å². The summed E-state index contributed by atoms with van der Waals surface area (Å²) < 4.78 is 5.23. The smallest absolute Gasteiger partial charge is 0.410 e. The van der Waals surface area contributed by atoms with Crippen molar-refractivity contribution in [1.82, 2.24) is 4.90 Å². The van der Waals surface area contributed by atoms with Crippen LogP contribution in [0.4, 0.5) is 4.79 Å². The molecule has 5 rings (SSSR count). The number of benzene rings is 4. The average molecular weight is 464 g/mol. The Bertz CT molecular complexity index is 1320. The topological polar surface area (TPSA) is 66.8 Å². The maximum Gasteiger partial charge on any atom is 0.410 e. The van der Waals surface area contributed by atoms with Crippen molar-refractivity contribution in [2.45, 2.75) is 18.5 Å². The Labute approximate surface area is 204 Å². The standard InChI is InChI=1S/C30H25NO4/c1-35-30(34)31(29-25-13-7-5-11-23(25)24-12-6-8-14-26(24)29)27(19-28(32)33)22-17-15-21(16-18-22)20-9-3-2-4-10-20/h2-18,27,29H,19H2,1H3,(H,32,33). The predicted octanol–water partition coefficient (Wildman–Crippen LogP) is 6.71. The minimum absolute atomic E-state index is 0.249. The van der Waals surface area contributed by atoms with E-state index in [0.717, 1.165) is 38.9 Å². The highest BCUT2D eigenvalue weighted by Crippen LogP contribution is 2.49. The Kier molecular flexibility index (Phi) is 6.06. The Balaban J connectivity index is 1.63. The van der Waals surface area contributed by atoms with Gasteiger partial charge in [-0.1, -0.05) is 103 Å². The van der Waals surface area contributed by atoms with Gasteiger partial charge in [0, 0.05) is 0 Å². The van der Waals surface area contributed by atoms with Crippen molar-refractivity contribution < 1.29 is 19.4 Å². The molecule has 0 saturated heterocycles. The minimum atomic E-state index is -0.990. The molecule has 5 nitrogen and oxygen atoms in total. The maximum absolute atomic E-state index is 13.3. The monoisotopic (exact) mass is 463 g/mol. The summed E-state index contributed by atoms with van der Waals surface area (Å²) in [6.45, 7) is 0. The summed E-state index contributed by atoms with van der Waals surface area (Å²) in [6.07, 6.45) is -0.819. The van der Waals surface area contributed by atoms with Crippen molar-refractivity contribution in [3.8, 4) is 22.3 Å². The molecule has 5 heteroatoms. The second-order valence-corrected chi connectivity index (χ2v) is 8.56. The number of ether oxygens (including phenoxy) is 1. The third-order valence-electron chi connectivity index (χ3n) is 6.57. The molecule has 4 aromatic rings. The lowest BCUT2D eigenvalue weighted by molar-refractivity contribution is -0.138. The number of carbonyl (C=O) groups is 2. The van der Waals surface area contributed by atoms with Gasteiger partial charge in [-0.2, -0.15) is 0 Å². The van der Waals surface area contributed by atoms with Crippen molar-refractivity contribution in [1.29, 1.82) is 0 Å². The number of rotatable bonds is 6. The van der Waals surface area contributed by atoms with Gasteiger partial charge in [0.25, 0.3) is 0 Å². The van der Waals surface area contributed by atoms with Crippen LogP contribution >= 0.6 is 0 Å². The molecular formula is C30H25NO4. The van der Waals surface area contributed by atoms with Gasteiger partial charge in [-0.05, 0) is 38.9 Å². The number of nitrogens with zero attached hydrogens (tertiary/aromatic N) is 1. The molecule has 1 aliphatic carbocycles. The molecule has 1 amide bonds. The van der Waals surface area contributed by atoms with Crippen LogP contribution in [0.15, 0.2) is 103 Å². The average Bonchev–Trinajstić information content (AvgIpc) is 3.23. The minimum Gasteiger partial charge on any atom is -0.481 e. The van der Waals surface area contributed by atoms with Crippen molar-refractivity contribution in [2.24, 2.45) is 0 Å². The molecule has 4 aromatic carbocycles. The quantitative estimate of drug-likeness (QED) is 0.345. The SMILES string of the molecule is COC(=O)N(C(CC(=O)O)c1ccc(-c2ccccc2)cc1)C1c2ccccc2-c2ccccc21. The summed E-state index contributed by atoms with van der Waals surface area (Å²) >= 11 is 0. The number of fused-ring (bicyclic) bond motifs is 3. The number of methoxy groups -OCH3 is 1. The van der Waals surface area contributed by atoms with Crippen LogP contribution in [-0.4, -0.2) is 29.2 Å². The Morgan fingerprint density at radius 2 is 1.29 bits per heavy atom. The fourth-order valence-corrected chi connectivity index (χ4v) is 5.02. The largest absolute Gasteiger partial charge is 0.481 e. The summed E-state index contributed by atoms with van der Waals surface area (Å²) in [5.41, 5.74) is 6.80. The second kappa shape index (κ2) is 9.47. The zero-order valence-electron chi connectivity index (χ0n) is 19.3. The van der Waals surface area contributed by atoms with E-state index in [1.807, 2.05) is 103 Å². The third-order valence-corrected chi connectivity index (χ3v) is 6.57. The number of amides is 1.